The van der Waals surface area contributed by atoms with Gasteiger partial charge in [-0.1, -0.05) is 12.1 Å². The maximum absolute atomic E-state index is 4.93. The summed E-state index contributed by atoms with van der Waals surface area (Å²) in [5.41, 5.74) is 1.90. The van der Waals surface area contributed by atoms with E-state index in [1.165, 1.54) is 43.8 Å². The van der Waals surface area contributed by atoms with Crippen LogP contribution in [0.5, 0.6) is 0 Å². The van der Waals surface area contributed by atoms with Gasteiger partial charge >= 0.3 is 37.9 Å². The zero-order valence-electron chi connectivity index (χ0n) is 15.9. The molecule has 152 valence electrons. The first-order valence-corrected chi connectivity index (χ1v) is 15.4. The van der Waals surface area contributed by atoms with Crippen molar-refractivity contribution in [2.24, 2.45) is 0 Å². The minimum absolute atomic E-state index is 0.826. The zero-order chi connectivity index (χ0) is 21.5. The van der Waals surface area contributed by atoms with Gasteiger partial charge in [-0.15, -0.1) is 103 Å². The van der Waals surface area contributed by atoms with Crippen LogP contribution in [0.1, 0.15) is 0 Å². The van der Waals surface area contributed by atoms with Crippen molar-refractivity contribution in [3.8, 4) is 11.4 Å². The molecule has 0 unspecified atom stereocenters. The van der Waals surface area contributed by atoms with Crippen LogP contribution >= 0.6 is 17.0 Å². The molecule has 0 N–H and O–H groups in total. The fourth-order valence-corrected chi connectivity index (χ4v) is 3.07. The second-order valence-corrected chi connectivity index (χ2v) is 9.94. The molecule has 11 heteroatoms. The van der Waals surface area contributed by atoms with E-state index in [4.69, 9.17) is 17.0 Å². The molecule has 0 aliphatic carbocycles. The third kappa shape index (κ3) is 5.31. The largest absolute Gasteiger partial charge is 0.162 e. The molecule has 0 radical (unpaired) electrons. The number of aromatic nitrogens is 8. The third-order valence-corrected chi connectivity index (χ3v) is 4.37. The predicted molar refractivity (Wildman–Crippen MR) is 116 cm³/mol. The summed E-state index contributed by atoms with van der Waals surface area (Å²) >= 11 is -0.826. The van der Waals surface area contributed by atoms with Gasteiger partial charge in [0.15, 0.2) is 12.7 Å². The SMILES string of the molecule is [Cl][Zr+2][Cl].c1ccc2[cH-]c(-n3ncnn3)cc2c1.c1ccc2[cH-]c(-n3ncnn3)cc2c1. The number of fused-ring (bicyclic) bond motifs is 2. The second kappa shape index (κ2) is 10.5. The molecule has 0 saturated heterocycles. The molecular weight excluding hydrogens is 514 g/mol. The van der Waals surface area contributed by atoms with Crippen molar-refractivity contribution in [1.29, 1.82) is 0 Å². The standard InChI is InChI=1S/2C10H7N4.2ClH.Zr/c2*1-2-4-9-6-10(5-8(9)3-1)14-12-7-11-13-14;;;/h2*1-7H;2*1H;/q2*-1;;;+4/p-2. The van der Waals surface area contributed by atoms with Crippen molar-refractivity contribution >= 4 is 38.6 Å². The first-order chi connectivity index (χ1) is 15.3. The van der Waals surface area contributed by atoms with Crippen molar-refractivity contribution in [2.45, 2.75) is 0 Å². The van der Waals surface area contributed by atoms with Crippen molar-refractivity contribution in [3.05, 3.63) is 85.5 Å². The molecule has 0 fully saturated rings. The molecule has 4 aromatic carbocycles. The summed E-state index contributed by atoms with van der Waals surface area (Å²) in [5, 5.41) is 27.7. The fourth-order valence-electron chi connectivity index (χ4n) is 3.07. The number of hydrogen-bond donors (Lipinski definition) is 0. The Balaban J connectivity index is 0.000000133. The fraction of sp³-hybridized carbons (Fsp3) is 0. The zero-order valence-corrected chi connectivity index (χ0v) is 19.9. The summed E-state index contributed by atoms with van der Waals surface area (Å²) in [5.74, 6) is 0. The van der Waals surface area contributed by atoms with E-state index in [1.807, 2.05) is 48.5 Å². The summed E-state index contributed by atoms with van der Waals surface area (Å²) in [6.45, 7) is 0. The van der Waals surface area contributed by atoms with Crippen LogP contribution in [0, 0.1) is 0 Å². The monoisotopic (exact) mass is 526 g/mol. The molecular formula is C20H14Cl2N8Zr. The van der Waals surface area contributed by atoms with Gasteiger partial charge in [0, 0.05) is 0 Å². The summed E-state index contributed by atoms with van der Waals surface area (Å²) < 4.78 is 0. The van der Waals surface area contributed by atoms with Crippen LogP contribution in [0.4, 0.5) is 0 Å². The summed E-state index contributed by atoms with van der Waals surface area (Å²) in [7, 11) is 9.87. The van der Waals surface area contributed by atoms with Crippen LogP contribution < -0.4 is 0 Å². The molecule has 0 bridgehead atoms. The topological polar surface area (TPSA) is 87.2 Å². The normalized spacial score (nSPS) is 10.1. The van der Waals surface area contributed by atoms with Gasteiger partial charge in [0.25, 0.3) is 0 Å². The first-order valence-electron chi connectivity index (χ1n) is 9.02. The Morgan fingerprint density at radius 2 is 1.10 bits per heavy atom. The average Bonchev–Trinajstić information content (AvgIpc) is 3.60. The van der Waals surface area contributed by atoms with Gasteiger partial charge in [-0.25, -0.2) is 0 Å². The van der Waals surface area contributed by atoms with E-state index in [2.05, 4.69) is 55.1 Å². The molecule has 0 atom stereocenters. The number of hydrogen-bond acceptors (Lipinski definition) is 6. The van der Waals surface area contributed by atoms with Crippen molar-refractivity contribution in [2.75, 3.05) is 0 Å². The van der Waals surface area contributed by atoms with Crippen LogP contribution in [0.25, 0.3) is 32.9 Å². The van der Waals surface area contributed by atoms with Gasteiger partial charge in [0.05, 0.1) is 0 Å². The van der Waals surface area contributed by atoms with E-state index in [9.17, 15) is 0 Å². The maximum atomic E-state index is 4.93. The van der Waals surface area contributed by atoms with Crippen LogP contribution in [-0.4, -0.2) is 40.4 Å². The molecule has 6 aromatic rings. The summed E-state index contributed by atoms with van der Waals surface area (Å²) in [4.78, 5) is 3.03. The number of nitrogens with zero attached hydrogens (tertiary/aromatic N) is 8. The average molecular weight is 529 g/mol. The Morgan fingerprint density at radius 3 is 1.45 bits per heavy atom. The van der Waals surface area contributed by atoms with E-state index in [0.29, 0.717) is 0 Å². The molecule has 0 aliphatic heterocycles. The number of halogens is 2. The van der Waals surface area contributed by atoms with Gasteiger partial charge in [0.2, 0.25) is 0 Å². The van der Waals surface area contributed by atoms with E-state index in [1.54, 1.807) is 0 Å². The van der Waals surface area contributed by atoms with E-state index < -0.39 is 20.8 Å². The van der Waals surface area contributed by atoms with Crippen molar-refractivity contribution in [3.63, 3.8) is 0 Å². The van der Waals surface area contributed by atoms with Gasteiger partial charge < -0.3 is 0 Å². The smallest absolute Gasteiger partial charge is 0.151 e. The molecule has 0 aliphatic rings. The molecule has 31 heavy (non-hydrogen) atoms. The Hall–Kier alpha value is -2.74. The molecule has 0 saturated carbocycles. The first kappa shape index (κ1) is 21.5. The second-order valence-electron chi connectivity index (χ2n) is 6.21. The molecule has 0 amide bonds. The molecule has 6 rings (SSSR count). The van der Waals surface area contributed by atoms with Gasteiger partial charge in [0.1, 0.15) is 0 Å². The predicted octanol–water partition coefficient (Wildman–Crippen LogP) is 4.45. The Morgan fingerprint density at radius 1 is 0.677 bits per heavy atom. The molecule has 2 heterocycles. The summed E-state index contributed by atoms with van der Waals surface area (Å²) in [6.07, 6.45) is 2.86. The van der Waals surface area contributed by atoms with Gasteiger partial charge in [-0.3, -0.25) is 0 Å². The van der Waals surface area contributed by atoms with E-state index in [-0.39, 0.29) is 0 Å². The van der Waals surface area contributed by atoms with Crippen molar-refractivity contribution < 1.29 is 20.8 Å². The Labute approximate surface area is 195 Å². The van der Waals surface area contributed by atoms with E-state index >= 15 is 0 Å². The summed E-state index contributed by atoms with van der Waals surface area (Å²) in [6, 6.07) is 24.5. The minimum atomic E-state index is -0.826. The van der Waals surface area contributed by atoms with Crippen molar-refractivity contribution in [1.82, 2.24) is 40.4 Å². The van der Waals surface area contributed by atoms with Crippen LogP contribution in [-0.2, 0) is 20.8 Å². The van der Waals surface area contributed by atoms with Crippen LogP contribution in [0.2, 0.25) is 0 Å². The van der Waals surface area contributed by atoms with Gasteiger partial charge in [-0.05, 0) is 21.8 Å². The number of tetrazole rings is 2. The molecule has 0 spiro atoms. The van der Waals surface area contributed by atoms with Crippen LogP contribution in [0.15, 0.2) is 85.5 Å². The number of rotatable bonds is 2. The minimum Gasteiger partial charge on any atom is -0.151 e. The van der Waals surface area contributed by atoms with E-state index in [0.717, 1.165) is 11.4 Å². The third-order valence-electron chi connectivity index (χ3n) is 4.37. The van der Waals surface area contributed by atoms with Crippen LogP contribution in [0.3, 0.4) is 0 Å². The maximum Gasteiger partial charge on any atom is 0.162 e. The quantitative estimate of drug-likeness (QED) is 0.309. The Kier molecular flexibility index (Phi) is 7.30. The van der Waals surface area contributed by atoms with Gasteiger partial charge in [-0.2, -0.15) is 9.59 Å². The number of benzene rings is 2. The molecule has 8 nitrogen and oxygen atoms in total. The Bertz CT molecular complexity index is 1170. The molecule has 2 aromatic heterocycles.